The van der Waals surface area contributed by atoms with Crippen LogP contribution >= 0.6 is 0 Å². The van der Waals surface area contributed by atoms with Gasteiger partial charge in [0.25, 0.3) is 0 Å². The van der Waals surface area contributed by atoms with E-state index in [2.05, 4.69) is 32.3 Å². The molecule has 26 heavy (non-hydrogen) atoms. The number of hydrogen-bond donors (Lipinski definition) is 2. The number of phenols is 1. The van der Waals surface area contributed by atoms with Gasteiger partial charge < -0.3 is 10.0 Å². The summed E-state index contributed by atoms with van der Waals surface area (Å²) >= 11 is 0. The molecule has 1 aromatic carbocycles. The molecule has 0 unspecified atom stereocenters. The molecular weight excluding hydrogens is 326 g/mol. The monoisotopic (exact) mass is 349 g/mol. The second-order valence-electron chi connectivity index (χ2n) is 6.90. The fourth-order valence-corrected chi connectivity index (χ4v) is 3.65. The zero-order valence-electron chi connectivity index (χ0n) is 14.9. The molecular formula is C20H23N5O. The second kappa shape index (κ2) is 7.15. The summed E-state index contributed by atoms with van der Waals surface area (Å²) in [6, 6.07) is 10.0. The predicted octanol–water partition coefficient (Wildman–Crippen LogP) is 4.01. The highest BCUT2D eigenvalue weighted by Crippen LogP contribution is 2.32. The molecule has 6 heteroatoms. The lowest BCUT2D eigenvalue weighted by molar-refractivity contribution is 0.425. The fourth-order valence-electron chi connectivity index (χ4n) is 3.65. The summed E-state index contributed by atoms with van der Waals surface area (Å²) in [4.78, 5) is 2.23. The number of rotatable bonds is 4. The maximum Gasteiger partial charge on any atom is 0.151 e. The van der Waals surface area contributed by atoms with Gasteiger partial charge >= 0.3 is 0 Å². The van der Waals surface area contributed by atoms with E-state index in [1.54, 1.807) is 18.5 Å². The van der Waals surface area contributed by atoms with E-state index in [1.807, 2.05) is 24.3 Å². The number of aromatic nitrogens is 4. The number of phenolic OH excluding ortho intramolecular Hbond substituents is 1. The Morgan fingerprint density at radius 1 is 1.04 bits per heavy atom. The van der Waals surface area contributed by atoms with Crippen molar-refractivity contribution in [1.29, 1.82) is 0 Å². The number of aromatic amines is 1. The van der Waals surface area contributed by atoms with Crippen LogP contribution in [0, 0.1) is 0 Å². The third-order valence-electron chi connectivity index (χ3n) is 5.24. The van der Waals surface area contributed by atoms with Gasteiger partial charge in [-0.05, 0) is 42.7 Å². The molecule has 134 valence electrons. The van der Waals surface area contributed by atoms with E-state index in [0.29, 0.717) is 17.3 Å². The first kappa shape index (κ1) is 16.6. The maximum absolute atomic E-state index is 10.4. The van der Waals surface area contributed by atoms with Crippen LogP contribution in [0.25, 0.3) is 22.4 Å². The average Bonchev–Trinajstić information content (AvgIpc) is 3.23. The van der Waals surface area contributed by atoms with Crippen LogP contribution in [0.5, 0.6) is 5.75 Å². The molecule has 2 aromatic heterocycles. The molecule has 1 aliphatic carbocycles. The summed E-state index contributed by atoms with van der Waals surface area (Å²) in [6.45, 7) is 0. The van der Waals surface area contributed by atoms with E-state index in [-0.39, 0.29) is 5.75 Å². The molecule has 3 aromatic rings. The topological polar surface area (TPSA) is 77.9 Å². The summed E-state index contributed by atoms with van der Waals surface area (Å²) in [5.41, 5.74) is 3.18. The van der Waals surface area contributed by atoms with Gasteiger partial charge in [0, 0.05) is 30.4 Å². The standard InChI is InChI=1S/C20H23N5O/c1-25(16-5-3-2-4-6-16)20-10-9-18(23-24-20)17-8-7-14(11-19(17)26)15-12-21-22-13-15/h7-13,16,26H,2-6H2,1H3,(H,21,22). The summed E-state index contributed by atoms with van der Waals surface area (Å²) in [6.07, 6.45) is 9.87. The van der Waals surface area contributed by atoms with Crippen LogP contribution in [-0.2, 0) is 0 Å². The largest absolute Gasteiger partial charge is 0.507 e. The minimum Gasteiger partial charge on any atom is -0.507 e. The van der Waals surface area contributed by atoms with Gasteiger partial charge in [-0.15, -0.1) is 10.2 Å². The molecule has 1 saturated carbocycles. The molecule has 0 bridgehead atoms. The second-order valence-corrected chi connectivity index (χ2v) is 6.90. The van der Waals surface area contributed by atoms with E-state index in [1.165, 1.54) is 32.1 Å². The Bertz CT molecular complexity index is 854. The van der Waals surface area contributed by atoms with E-state index in [9.17, 15) is 5.11 Å². The van der Waals surface area contributed by atoms with Gasteiger partial charge in [-0.25, -0.2) is 0 Å². The highest BCUT2D eigenvalue weighted by atomic mass is 16.3. The van der Waals surface area contributed by atoms with E-state index < -0.39 is 0 Å². The van der Waals surface area contributed by atoms with Crippen molar-refractivity contribution < 1.29 is 5.11 Å². The summed E-state index contributed by atoms with van der Waals surface area (Å²) < 4.78 is 0. The smallest absolute Gasteiger partial charge is 0.151 e. The van der Waals surface area contributed by atoms with Crippen molar-refractivity contribution in [2.45, 2.75) is 38.1 Å². The Balaban J connectivity index is 1.55. The maximum atomic E-state index is 10.4. The molecule has 0 saturated heterocycles. The van der Waals surface area contributed by atoms with Crippen LogP contribution in [0.1, 0.15) is 32.1 Å². The van der Waals surface area contributed by atoms with E-state index >= 15 is 0 Å². The third-order valence-corrected chi connectivity index (χ3v) is 5.24. The highest BCUT2D eigenvalue weighted by molar-refractivity contribution is 5.73. The number of nitrogens with zero attached hydrogens (tertiary/aromatic N) is 4. The summed E-state index contributed by atoms with van der Waals surface area (Å²) in [5.74, 6) is 1.07. The highest BCUT2D eigenvalue weighted by Gasteiger charge is 2.19. The Morgan fingerprint density at radius 2 is 1.88 bits per heavy atom. The zero-order valence-corrected chi connectivity index (χ0v) is 14.9. The van der Waals surface area contributed by atoms with Crippen LogP contribution in [0.3, 0.4) is 0 Å². The fraction of sp³-hybridized carbons (Fsp3) is 0.350. The van der Waals surface area contributed by atoms with Crippen LogP contribution < -0.4 is 4.90 Å². The van der Waals surface area contributed by atoms with Crippen molar-refractivity contribution in [2.24, 2.45) is 0 Å². The average molecular weight is 349 g/mol. The molecule has 6 nitrogen and oxygen atoms in total. The van der Waals surface area contributed by atoms with E-state index in [4.69, 9.17) is 0 Å². The first-order valence-corrected chi connectivity index (χ1v) is 9.11. The lowest BCUT2D eigenvalue weighted by atomic mass is 9.94. The molecule has 2 heterocycles. The molecule has 1 fully saturated rings. The molecule has 4 rings (SSSR count). The molecule has 1 aliphatic rings. The van der Waals surface area contributed by atoms with Gasteiger partial charge in [-0.3, -0.25) is 5.10 Å². The Morgan fingerprint density at radius 3 is 2.54 bits per heavy atom. The van der Waals surface area contributed by atoms with Crippen molar-refractivity contribution in [3.63, 3.8) is 0 Å². The Hall–Kier alpha value is -2.89. The van der Waals surface area contributed by atoms with Crippen LogP contribution in [0.15, 0.2) is 42.7 Å². The van der Waals surface area contributed by atoms with Crippen molar-refractivity contribution in [3.05, 3.63) is 42.7 Å². The van der Waals surface area contributed by atoms with Crippen molar-refractivity contribution in [2.75, 3.05) is 11.9 Å². The van der Waals surface area contributed by atoms with Gasteiger partial charge in [-0.1, -0.05) is 25.3 Å². The lowest BCUT2D eigenvalue weighted by Crippen LogP contribution is -2.34. The molecule has 0 atom stereocenters. The summed E-state index contributed by atoms with van der Waals surface area (Å²) in [7, 11) is 2.09. The van der Waals surface area contributed by atoms with Gasteiger partial charge in [0.05, 0.1) is 11.9 Å². The first-order chi connectivity index (χ1) is 12.7. The normalized spacial score (nSPS) is 15.1. The molecule has 0 aliphatic heterocycles. The molecule has 0 spiro atoms. The molecule has 0 radical (unpaired) electrons. The van der Waals surface area contributed by atoms with E-state index in [0.717, 1.165) is 16.9 Å². The third kappa shape index (κ3) is 3.27. The number of nitrogens with one attached hydrogen (secondary N) is 1. The van der Waals surface area contributed by atoms with Gasteiger partial charge in [0.1, 0.15) is 5.75 Å². The first-order valence-electron chi connectivity index (χ1n) is 9.11. The SMILES string of the molecule is CN(c1ccc(-c2ccc(-c3cn[nH]c3)cc2O)nn1)C1CCCCC1. The van der Waals surface area contributed by atoms with Gasteiger partial charge in [0.15, 0.2) is 5.82 Å². The van der Waals surface area contributed by atoms with Gasteiger partial charge in [-0.2, -0.15) is 5.10 Å². The number of H-pyrrole nitrogens is 1. The lowest BCUT2D eigenvalue weighted by Gasteiger charge is -2.31. The van der Waals surface area contributed by atoms with Gasteiger partial charge in [0.2, 0.25) is 0 Å². The van der Waals surface area contributed by atoms with Crippen LogP contribution in [0.2, 0.25) is 0 Å². The number of hydrogen-bond acceptors (Lipinski definition) is 5. The quantitative estimate of drug-likeness (QED) is 0.744. The number of aromatic hydroxyl groups is 1. The van der Waals surface area contributed by atoms with Crippen molar-refractivity contribution in [3.8, 4) is 28.1 Å². The zero-order chi connectivity index (χ0) is 17.9. The Kier molecular flexibility index (Phi) is 4.56. The molecule has 0 amide bonds. The number of anilines is 1. The predicted molar refractivity (Wildman–Crippen MR) is 102 cm³/mol. The Labute approximate surface area is 152 Å². The van der Waals surface area contributed by atoms with Crippen molar-refractivity contribution in [1.82, 2.24) is 20.4 Å². The minimum atomic E-state index is 0.186. The van der Waals surface area contributed by atoms with Crippen LogP contribution in [0.4, 0.5) is 5.82 Å². The number of benzene rings is 1. The molecule has 2 N–H and O–H groups in total. The van der Waals surface area contributed by atoms with Crippen molar-refractivity contribution >= 4 is 5.82 Å². The summed E-state index contributed by atoms with van der Waals surface area (Å²) in [5, 5.41) is 25.9. The minimum absolute atomic E-state index is 0.186. The van der Waals surface area contributed by atoms with Crippen LogP contribution in [-0.4, -0.2) is 38.6 Å².